The Bertz CT molecular complexity index is 419. The number of carbonyl (C=O) groups is 1. The highest BCUT2D eigenvalue weighted by Crippen LogP contribution is 2.23. The number of aryl methyl sites for hydroxylation is 1. The summed E-state index contributed by atoms with van der Waals surface area (Å²) in [6, 6.07) is 3.85. The van der Waals surface area contributed by atoms with Crippen molar-refractivity contribution in [3.8, 4) is 0 Å². The van der Waals surface area contributed by atoms with Gasteiger partial charge in [0.1, 0.15) is 11.9 Å². The number of aliphatic hydroxyl groups excluding tert-OH is 2. The van der Waals surface area contributed by atoms with Gasteiger partial charge in [0.15, 0.2) is 0 Å². The number of hydrogen-bond donors (Lipinski definition) is 2. The van der Waals surface area contributed by atoms with Gasteiger partial charge in [0.05, 0.1) is 19.1 Å². The second-order valence-electron chi connectivity index (χ2n) is 4.02. The van der Waals surface area contributed by atoms with Gasteiger partial charge in [0, 0.05) is 0 Å². The maximum absolute atomic E-state index is 12.9. The van der Waals surface area contributed by atoms with E-state index in [4.69, 9.17) is 0 Å². The standard InChI is InChI=1S/C13H17FO4/c1-3-18-12(16)7-11(15)13(17)10-5-4-9(14)6-8(10)2/h4-6,11,13,15,17H,3,7H2,1-2H3. The van der Waals surface area contributed by atoms with Crippen LogP contribution in [-0.2, 0) is 9.53 Å². The maximum Gasteiger partial charge on any atom is 0.308 e. The van der Waals surface area contributed by atoms with E-state index in [-0.39, 0.29) is 13.0 Å². The summed E-state index contributed by atoms with van der Waals surface area (Å²) in [7, 11) is 0. The summed E-state index contributed by atoms with van der Waals surface area (Å²) in [6.45, 7) is 3.50. The lowest BCUT2D eigenvalue weighted by molar-refractivity contribution is -0.147. The summed E-state index contributed by atoms with van der Waals surface area (Å²) >= 11 is 0. The van der Waals surface area contributed by atoms with Crippen LogP contribution >= 0.6 is 0 Å². The monoisotopic (exact) mass is 256 g/mol. The van der Waals surface area contributed by atoms with Crippen LogP contribution in [0.25, 0.3) is 0 Å². The van der Waals surface area contributed by atoms with Crippen molar-refractivity contribution < 1.29 is 24.1 Å². The molecule has 0 amide bonds. The van der Waals surface area contributed by atoms with E-state index in [2.05, 4.69) is 4.74 Å². The summed E-state index contributed by atoms with van der Waals surface area (Å²) < 4.78 is 17.6. The number of halogens is 1. The molecule has 0 spiro atoms. The zero-order chi connectivity index (χ0) is 13.7. The molecule has 0 bridgehead atoms. The highest BCUT2D eigenvalue weighted by Gasteiger charge is 2.23. The lowest BCUT2D eigenvalue weighted by Gasteiger charge is -2.19. The minimum absolute atomic E-state index is 0.219. The molecular weight excluding hydrogens is 239 g/mol. The van der Waals surface area contributed by atoms with Crippen LogP contribution in [0.1, 0.15) is 30.6 Å². The van der Waals surface area contributed by atoms with Crippen molar-refractivity contribution >= 4 is 5.97 Å². The number of rotatable bonds is 5. The van der Waals surface area contributed by atoms with Gasteiger partial charge in [0.25, 0.3) is 0 Å². The molecule has 0 heterocycles. The molecule has 0 aliphatic carbocycles. The molecule has 0 fully saturated rings. The Labute approximate surface area is 105 Å². The van der Waals surface area contributed by atoms with Gasteiger partial charge in [-0.2, -0.15) is 0 Å². The number of hydrogen-bond acceptors (Lipinski definition) is 4. The number of aliphatic hydroxyl groups is 2. The Morgan fingerprint density at radius 3 is 2.67 bits per heavy atom. The van der Waals surface area contributed by atoms with Crippen LogP contribution in [0.15, 0.2) is 18.2 Å². The van der Waals surface area contributed by atoms with E-state index >= 15 is 0 Å². The molecule has 0 saturated heterocycles. The maximum atomic E-state index is 12.9. The van der Waals surface area contributed by atoms with E-state index in [1.54, 1.807) is 13.8 Å². The molecule has 0 aromatic heterocycles. The molecule has 1 aromatic carbocycles. The Morgan fingerprint density at radius 1 is 1.44 bits per heavy atom. The van der Waals surface area contributed by atoms with E-state index in [9.17, 15) is 19.4 Å². The predicted octanol–water partition coefficient (Wildman–Crippen LogP) is 1.48. The fourth-order valence-corrected chi connectivity index (χ4v) is 1.68. The predicted molar refractivity (Wildman–Crippen MR) is 63.4 cm³/mol. The van der Waals surface area contributed by atoms with Crippen molar-refractivity contribution in [1.82, 2.24) is 0 Å². The second-order valence-corrected chi connectivity index (χ2v) is 4.02. The first-order valence-corrected chi connectivity index (χ1v) is 5.73. The normalized spacial score (nSPS) is 14.1. The van der Waals surface area contributed by atoms with Gasteiger partial charge < -0.3 is 14.9 Å². The van der Waals surface area contributed by atoms with Gasteiger partial charge in [-0.05, 0) is 37.1 Å². The zero-order valence-corrected chi connectivity index (χ0v) is 10.4. The molecule has 0 aliphatic heterocycles. The minimum atomic E-state index is -1.27. The first-order valence-electron chi connectivity index (χ1n) is 5.73. The molecular formula is C13H17FO4. The summed E-state index contributed by atoms with van der Waals surface area (Å²) in [5.41, 5.74) is 0.915. The molecule has 1 rings (SSSR count). The van der Waals surface area contributed by atoms with Crippen molar-refractivity contribution in [3.63, 3.8) is 0 Å². The molecule has 2 atom stereocenters. The van der Waals surface area contributed by atoms with Crippen molar-refractivity contribution in [3.05, 3.63) is 35.1 Å². The fourth-order valence-electron chi connectivity index (χ4n) is 1.68. The van der Waals surface area contributed by atoms with Crippen molar-refractivity contribution in [2.75, 3.05) is 6.61 Å². The number of benzene rings is 1. The molecule has 0 aliphatic rings. The third-order valence-electron chi connectivity index (χ3n) is 2.60. The Balaban J connectivity index is 2.73. The summed E-state index contributed by atoms with van der Waals surface area (Å²) in [6.07, 6.45) is -2.81. The summed E-state index contributed by atoms with van der Waals surface area (Å²) in [5, 5.41) is 19.6. The first kappa shape index (κ1) is 14.6. The van der Waals surface area contributed by atoms with Crippen molar-refractivity contribution in [1.29, 1.82) is 0 Å². The molecule has 1 aromatic rings. The summed E-state index contributed by atoms with van der Waals surface area (Å²) in [5.74, 6) is -0.993. The van der Waals surface area contributed by atoms with Crippen molar-refractivity contribution in [2.45, 2.75) is 32.5 Å². The Kier molecular flexibility index (Phi) is 5.25. The Morgan fingerprint density at radius 2 is 2.11 bits per heavy atom. The van der Waals surface area contributed by atoms with Crippen LogP contribution in [-0.4, -0.2) is 28.9 Å². The summed E-state index contributed by atoms with van der Waals surface area (Å²) in [4.78, 5) is 11.2. The van der Waals surface area contributed by atoms with E-state index < -0.39 is 24.0 Å². The topological polar surface area (TPSA) is 66.8 Å². The molecule has 18 heavy (non-hydrogen) atoms. The lowest BCUT2D eigenvalue weighted by atomic mass is 9.98. The molecule has 0 radical (unpaired) electrons. The van der Waals surface area contributed by atoms with Gasteiger partial charge >= 0.3 is 5.97 Å². The average Bonchev–Trinajstić information content (AvgIpc) is 2.28. The van der Waals surface area contributed by atoms with Crippen LogP contribution in [0.2, 0.25) is 0 Å². The fraction of sp³-hybridized carbons (Fsp3) is 0.462. The van der Waals surface area contributed by atoms with Gasteiger partial charge in [0.2, 0.25) is 0 Å². The first-order chi connectivity index (χ1) is 8.45. The van der Waals surface area contributed by atoms with Gasteiger partial charge in [-0.1, -0.05) is 6.07 Å². The van der Waals surface area contributed by atoms with Gasteiger partial charge in [-0.3, -0.25) is 4.79 Å². The Hall–Kier alpha value is -1.46. The molecule has 4 nitrogen and oxygen atoms in total. The van der Waals surface area contributed by atoms with Gasteiger partial charge in [-0.15, -0.1) is 0 Å². The van der Waals surface area contributed by atoms with Crippen LogP contribution in [0.3, 0.4) is 0 Å². The minimum Gasteiger partial charge on any atom is -0.466 e. The van der Waals surface area contributed by atoms with E-state index in [0.717, 1.165) is 0 Å². The molecule has 2 N–H and O–H groups in total. The van der Waals surface area contributed by atoms with Crippen LogP contribution in [0.5, 0.6) is 0 Å². The SMILES string of the molecule is CCOC(=O)CC(O)C(O)c1ccc(F)cc1C. The average molecular weight is 256 g/mol. The van der Waals surface area contributed by atoms with Crippen molar-refractivity contribution in [2.24, 2.45) is 0 Å². The number of ether oxygens (including phenoxy) is 1. The van der Waals surface area contributed by atoms with Crippen LogP contribution in [0.4, 0.5) is 4.39 Å². The molecule has 0 saturated carbocycles. The van der Waals surface area contributed by atoms with Crippen LogP contribution < -0.4 is 0 Å². The highest BCUT2D eigenvalue weighted by molar-refractivity contribution is 5.70. The molecule has 2 unspecified atom stereocenters. The van der Waals surface area contributed by atoms with E-state index in [1.807, 2.05) is 0 Å². The zero-order valence-electron chi connectivity index (χ0n) is 10.4. The lowest BCUT2D eigenvalue weighted by Crippen LogP contribution is -2.23. The molecule has 100 valence electrons. The third kappa shape index (κ3) is 3.78. The third-order valence-corrected chi connectivity index (χ3v) is 2.60. The van der Waals surface area contributed by atoms with Crippen LogP contribution in [0, 0.1) is 12.7 Å². The smallest absolute Gasteiger partial charge is 0.308 e. The van der Waals surface area contributed by atoms with E-state index in [1.165, 1.54) is 18.2 Å². The molecule has 5 heteroatoms. The second kappa shape index (κ2) is 6.47. The largest absolute Gasteiger partial charge is 0.466 e. The van der Waals surface area contributed by atoms with Gasteiger partial charge in [-0.25, -0.2) is 4.39 Å². The number of esters is 1. The highest BCUT2D eigenvalue weighted by atomic mass is 19.1. The number of carbonyl (C=O) groups excluding carboxylic acids is 1. The van der Waals surface area contributed by atoms with E-state index in [0.29, 0.717) is 11.1 Å². The quantitative estimate of drug-likeness (QED) is 0.783.